The number of aliphatic hydroxyl groups excluding tert-OH is 4. The van der Waals surface area contributed by atoms with Crippen LogP contribution in [0.1, 0.15) is 0 Å². The van der Waals surface area contributed by atoms with Crippen molar-refractivity contribution in [2.45, 2.75) is 30.7 Å². The second-order valence-corrected chi connectivity index (χ2v) is 7.29. The number of aliphatic hydroxyl groups is 4. The van der Waals surface area contributed by atoms with E-state index in [9.17, 15) is 40.5 Å². The zero-order valence-electron chi connectivity index (χ0n) is 16.3. The molecular weight excluding hydrogens is 428 g/mol. The van der Waals surface area contributed by atoms with Gasteiger partial charge in [0.2, 0.25) is 17.5 Å². The smallest absolute Gasteiger partial charge is 0.235 e. The number of hydrogen-bond acceptors (Lipinski definition) is 11. The summed E-state index contributed by atoms with van der Waals surface area (Å²) < 4.78 is 16.3. The van der Waals surface area contributed by atoms with E-state index in [1.807, 2.05) is 0 Å². The molecule has 2 aromatic carbocycles. The summed E-state index contributed by atoms with van der Waals surface area (Å²) in [6.45, 7) is -0.668. The largest absolute Gasteiger partial charge is 0.508 e. The van der Waals surface area contributed by atoms with Crippen molar-refractivity contribution in [3.8, 4) is 34.3 Å². The summed E-state index contributed by atoms with van der Waals surface area (Å²) in [5.74, 6) is -1.78. The van der Waals surface area contributed by atoms with Crippen molar-refractivity contribution < 1.29 is 49.6 Å². The molecule has 11 heteroatoms. The van der Waals surface area contributed by atoms with E-state index in [1.54, 1.807) is 0 Å². The number of phenolic OH excluding ortho intramolecular Hbond substituents is 2. The first kappa shape index (κ1) is 21.9. The Balaban J connectivity index is 1.75. The summed E-state index contributed by atoms with van der Waals surface area (Å²) >= 11 is 0. The van der Waals surface area contributed by atoms with Crippen LogP contribution in [-0.2, 0) is 4.74 Å². The second-order valence-electron chi connectivity index (χ2n) is 7.29. The molecular formula is C21H20O11. The zero-order valence-corrected chi connectivity index (χ0v) is 16.3. The van der Waals surface area contributed by atoms with Crippen molar-refractivity contribution >= 4 is 11.0 Å². The Labute approximate surface area is 179 Å². The van der Waals surface area contributed by atoms with Gasteiger partial charge in [0, 0.05) is 11.6 Å². The molecule has 0 saturated carbocycles. The van der Waals surface area contributed by atoms with Gasteiger partial charge < -0.3 is 49.6 Å². The minimum absolute atomic E-state index is 0.0310. The van der Waals surface area contributed by atoms with Crippen molar-refractivity contribution in [2.75, 3.05) is 6.61 Å². The monoisotopic (exact) mass is 448 g/mol. The molecule has 0 spiro atoms. The molecule has 0 aliphatic carbocycles. The average molecular weight is 448 g/mol. The van der Waals surface area contributed by atoms with Gasteiger partial charge in [0.25, 0.3) is 0 Å². The zero-order chi connectivity index (χ0) is 23.2. The lowest BCUT2D eigenvalue weighted by molar-refractivity contribution is -0.277. The van der Waals surface area contributed by atoms with Gasteiger partial charge in [-0.2, -0.15) is 0 Å². The van der Waals surface area contributed by atoms with Gasteiger partial charge in [0.1, 0.15) is 35.7 Å². The molecule has 0 bridgehead atoms. The minimum atomic E-state index is -1.72. The van der Waals surface area contributed by atoms with E-state index < -0.39 is 54.2 Å². The van der Waals surface area contributed by atoms with Crippen LogP contribution in [0, 0.1) is 0 Å². The molecule has 1 saturated heterocycles. The first-order valence-corrected chi connectivity index (χ1v) is 9.50. The van der Waals surface area contributed by atoms with Crippen molar-refractivity contribution in [1.29, 1.82) is 0 Å². The number of ether oxygens (including phenoxy) is 2. The highest BCUT2D eigenvalue weighted by Gasteiger charge is 2.45. The highest BCUT2D eigenvalue weighted by Crippen LogP contribution is 2.37. The maximum Gasteiger partial charge on any atom is 0.235 e. The normalized spacial score (nSPS) is 25.7. The number of phenols is 2. The first-order chi connectivity index (χ1) is 15.2. The maximum atomic E-state index is 12.6. The fourth-order valence-corrected chi connectivity index (χ4v) is 3.39. The quantitative estimate of drug-likeness (QED) is 0.279. The molecule has 1 aliphatic heterocycles. The van der Waals surface area contributed by atoms with Gasteiger partial charge in [-0.15, -0.1) is 0 Å². The van der Waals surface area contributed by atoms with Crippen molar-refractivity contribution in [1.82, 2.24) is 0 Å². The molecule has 1 aromatic heterocycles. The topological polar surface area (TPSA) is 190 Å². The van der Waals surface area contributed by atoms with Gasteiger partial charge in [-0.25, -0.2) is 0 Å². The number of aromatic hydroxyl groups is 3. The molecule has 32 heavy (non-hydrogen) atoms. The van der Waals surface area contributed by atoms with E-state index in [0.29, 0.717) is 5.56 Å². The summed E-state index contributed by atoms with van der Waals surface area (Å²) in [4.78, 5) is 12.6. The summed E-state index contributed by atoms with van der Waals surface area (Å²) in [5.41, 5.74) is -0.624. The third-order valence-corrected chi connectivity index (χ3v) is 5.17. The highest BCUT2D eigenvalue weighted by atomic mass is 16.7. The first-order valence-electron chi connectivity index (χ1n) is 9.50. The van der Waals surface area contributed by atoms with Crippen LogP contribution in [0.15, 0.2) is 45.6 Å². The molecule has 0 amide bonds. The fraction of sp³-hybridized carbons (Fsp3) is 0.286. The molecule has 1 fully saturated rings. The lowest BCUT2D eigenvalue weighted by atomic mass is 9.99. The van der Waals surface area contributed by atoms with Crippen molar-refractivity contribution in [3.63, 3.8) is 0 Å². The average Bonchev–Trinajstić information content (AvgIpc) is 2.78. The Kier molecular flexibility index (Phi) is 5.67. The number of fused-ring (bicyclic) bond motifs is 1. The van der Waals surface area contributed by atoms with Gasteiger partial charge in [-0.1, -0.05) is 0 Å². The van der Waals surface area contributed by atoms with Gasteiger partial charge in [0.05, 0.1) is 12.0 Å². The Bertz CT molecular complexity index is 1190. The molecule has 11 nitrogen and oxygen atoms in total. The van der Waals surface area contributed by atoms with E-state index >= 15 is 0 Å². The third-order valence-electron chi connectivity index (χ3n) is 5.17. The van der Waals surface area contributed by atoms with Crippen LogP contribution in [-0.4, -0.2) is 73.1 Å². The molecule has 0 unspecified atom stereocenters. The summed E-state index contributed by atoms with van der Waals surface area (Å²) in [6.07, 6.45) is -7.80. The van der Waals surface area contributed by atoms with Crippen molar-refractivity contribution in [3.05, 3.63) is 46.6 Å². The van der Waals surface area contributed by atoms with Crippen molar-refractivity contribution in [2.24, 2.45) is 0 Å². The Morgan fingerprint density at radius 1 is 0.938 bits per heavy atom. The van der Waals surface area contributed by atoms with E-state index in [0.717, 1.165) is 12.1 Å². The lowest BCUT2D eigenvalue weighted by Gasteiger charge is -2.39. The molecule has 4 rings (SSSR count). The second kappa shape index (κ2) is 8.30. The number of rotatable bonds is 4. The van der Waals surface area contributed by atoms with Gasteiger partial charge in [-0.3, -0.25) is 4.79 Å². The van der Waals surface area contributed by atoms with Crippen LogP contribution in [0.4, 0.5) is 0 Å². The summed E-state index contributed by atoms with van der Waals surface area (Å²) in [5, 5.41) is 69.0. The molecule has 3 aromatic rings. The van der Waals surface area contributed by atoms with E-state index in [-0.39, 0.29) is 28.2 Å². The summed E-state index contributed by atoms with van der Waals surface area (Å²) in [6, 6.07) is 7.63. The molecule has 170 valence electrons. The lowest BCUT2D eigenvalue weighted by Crippen LogP contribution is -2.60. The Morgan fingerprint density at radius 2 is 1.62 bits per heavy atom. The van der Waals surface area contributed by atoms with Crippen LogP contribution in [0.25, 0.3) is 22.3 Å². The predicted octanol–water partition coefficient (Wildman–Crippen LogP) is -0.245. The molecule has 0 radical (unpaired) electrons. The maximum absolute atomic E-state index is 12.6. The SMILES string of the molecule is O=c1c(O)c(-c2ccc(O)cc2)oc2cc(O[C@@H]3O[C@H](CO)[C@@H](O)[C@H](O)[C@H]3O)c(O)cc12. The van der Waals surface area contributed by atoms with Crippen LogP contribution in [0.5, 0.6) is 23.0 Å². The number of hydrogen-bond donors (Lipinski definition) is 7. The summed E-state index contributed by atoms with van der Waals surface area (Å²) in [7, 11) is 0. The molecule has 5 atom stereocenters. The van der Waals surface area contributed by atoms with Gasteiger partial charge in [-0.05, 0) is 30.3 Å². The van der Waals surface area contributed by atoms with E-state index in [4.69, 9.17) is 13.9 Å². The Hall–Kier alpha value is -3.35. The Morgan fingerprint density at radius 3 is 2.28 bits per heavy atom. The van der Waals surface area contributed by atoms with Crippen LogP contribution >= 0.6 is 0 Å². The standard InChI is InChI=1S/C21H20O11/c22-7-14-16(26)17(27)19(29)21(32-14)31-13-6-12-10(5-11(13)24)15(25)18(28)20(30-12)8-1-3-9(23)4-2-8/h1-6,14,16-17,19,21-24,26-29H,7H2/t14-,16-,17+,19-,21-/m1/s1. The number of benzene rings is 2. The fourth-order valence-electron chi connectivity index (χ4n) is 3.39. The minimum Gasteiger partial charge on any atom is -0.508 e. The highest BCUT2D eigenvalue weighted by molar-refractivity contribution is 5.84. The molecule has 1 aliphatic rings. The van der Waals surface area contributed by atoms with Crippen LogP contribution < -0.4 is 10.2 Å². The molecule has 7 N–H and O–H groups in total. The third kappa shape index (κ3) is 3.72. The van der Waals surface area contributed by atoms with E-state index in [2.05, 4.69) is 0 Å². The van der Waals surface area contributed by atoms with Gasteiger partial charge in [0.15, 0.2) is 17.3 Å². The molecule has 2 heterocycles. The van der Waals surface area contributed by atoms with Gasteiger partial charge >= 0.3 is 0 Å². The predicted molar refractivity (Wildman–Crippen MR) is 107 cm³/mol. The van der Waals surface area contributed by atoms with Crippen LogP contribution in [0.3, 0.4) is 0 Å². The van der Waals surface area contributed by atoms with Crippen LogP contribution in [0.2, 0.25) is 0 Å². The van der Waals surface area contributed by atoms with E-state index in [1.165, 1.54) is 24.3 Å².